The molecule has 0 amide bonds. The fourth-order valence-corrected chi connectivity index (χ4v) is 4.14. The fraction of sp³-hybridized carbons (Fsp3) is 0.179. The molecule has 0 spiro atoms. The van der Waals surface area contributed by atoms with Crippen LogP contribution in [0, 0.1) is 6.92 Å². The van der Waals surface area contributed by atoms with E-state index in [1.54, 1.807) is 19.2 Å². The van der Waals surface area contributed by atoms with Gasteiger partial charge in [0.15, 0.2) is 5.76 Å². The first-order valence-corrected chi connectivity index (χ1v) is 11.0. The Balaban J connectivity index is 1.42. The summed E-state index contributed by atoms with van der Waals surface area (Å²) in [7, 11) is 1.65. The Morgan fingerprint density at radius 3 is 2.64 bits per heavy atom. The number of ether oxygens (including phenoxy) is 3. The van der Waals surface area contributed by atoms with E-state index in [1.165, 1.54) is 5.56 Å². The number of aryl methyl sites for hydroxylation is 2. The maximum Gasteiger partial charge on any atom is 0.231 e. The summed E-state index contributed by atoms with van der Waals surface area (Å²) in [6.45, 7) is 5.43. The summed E-state index contributed by atoms with van der Waals surface area (Å²) in [6, 6.07) is 19.4. The zero-order chi connectivity index (χ0) is 22.9. The Morgan fingerprint density at radius 1 is 1.03 bits per heavy atom. The summed E-state index contributed by atoms with van der Waals surface area (Å²) < 4.78 is 19.5. The zero-order valence-corrected chi connectivity index (χ0v) is 18.9. The van der Waals surface area contributed by atoms with Crippen molar-refractivity contribution in [2.45, 2.75) is 27.0 Å². The van der Waals surface area contributed by atoms with Gasteiger partial charge in [-0.15, -0.1) is 0 Å². The van der Waals surface area contributed by atoms with Gasteiger partial charge in [-0.25, -0.2) is 0 Å². The molecular weight excluding hydrogens is 414 g/mol. The molecule has 2 heterocycles. The first kappa shape index (κ1) is 20.9. The number of methoxy groups -OCH3 is 1. The number of benzene rings is 3. The van der Waals surface area contributed by atoms with Gasteiger partial charge in [0.1, 0.15) is 23.9 Å². The first-order chi connectivity index (χ1) is 16.1. The number of fused-ring (bicyclic) bond motifs is 2. The molecule has 1 aliphatic heterocycles. The third kappa shape index (κ3) is 3.87. The van der Waals surface area contributed by atoms with Crippen LogP contribution in [-0.4, -0.2) is 17.5 Å². The Morgan fingerprint density at radius 2 is 1.85 bits per heavy atom. The molecule has 0 fully saturated rings. The summed E-state index contributed by atoms with van der Waals surface area (Å²) in [6.07, 6.45) is 3.84. The first-order valence-electron chi connectivity index (χ1n) is 11.0. The Kier molecular flexibility index (Phi) is 5.38. The molecule has 0 atom stereocenters. The van der Waals surface area contributed by atoms with E-state index >= 15 is 0 Å². The number of allylic oxidation sites excluding steroid dienone is 1. The molecule has 1 aliphatic rings. The van der Waals surface area contributed by atoms with Crippen LogP contribution in [0.15, 0.2) is 72.6 Å². The molecule has 0 bridgehead atoms. The van der Waals surface area contributed by atoms with E-state index in [1.807, 2.05) is 54.7 Å². The van der Waals surface area contributed by atoms with Crippen LogP contribution >= 0.6 is 0 Å². The third-order valence-electron chi connectivity index (χ3n) is 6.04. The lowest BCUT2D eigenvalue weighted by Crippen LogP contribution is -1.98. The molecule has 0 unspecified atom stereocenters. The Bertz CT molecular complexity index is 1400. The van der Waals surface area contributed by atoms with Gasteiger partial charge in [-0.05, 0) is 61.4 Å². The second-order valence-electron chi connectivity index (χ2n) is 8.07. The number of Topliss-reactive ketones (excluding diaryl/α,β-unsaturated/α-hetero) is 1. The average molecular weight is 440 g/mol. The molecule has 5 rings (SSSR count). The summed E-state index contributed by atoms with van der Waals surface area (Å²) >= 11 is 0. The highest BCUT2D eigenvalue weighted by Gasteiger charge is 2.28. The lowest BCUT2D eigenvalue weighted by Gasteiger charge is -2.09. The van der Waals surface area contributed by atoms with Crippen molar-refractivity contribution in [3.8, 4) is 17.2 Å². The molecule has 33 heavy (non-hydrogen) atoms. The molecule has 0 radical (unpaired) electrons. The molecule has 0 saturated carbocycles. The molecular formula is C28H25NO4. The van der Waals surface area contributed by atoms with Gasteiger partial charge in [0, 0.05) is 35.3 Å². The molecule has 5 heteroatoms. The van der Waals surface area contributed by atoms with Crippen molar-refractivity contribution in [1.29, 1.82) is 0 Å². The standard InChI is InChI=1S/C28H25NO4/c1-4-29-16-20(24-14-21(31-3)10-12-25(24)29)13-27-28(30)23-11-9-22(15-26(23)33-27)32-17-19-8-6-5-7-18(19)2/h5-16H,4,17H2,1-3H3/b27-13-. The predicted molar refractivity (Wildman–Crippen MR) is 129 cm³/mol. The van der Waals surface area contributed by atoms with Crippen molar-refractivity contribution in [1.82, 2.24) is 4.57 Å². The van der Waals surface area contributed by atoms with Crippen LogP contribution in [0.5, 0.6) is 17.2 Å². The van der Waals surface area contributed by atoms with Gasteiger partial charge < -0.3 is 18.8 Å². The molecule has 5 nitrogen and oxygen atoms in total. The molecule has 4 aromatic rings. The van der Waals surface area contributed by atoms with Gasteiger partial charge >= 0.3 is 0 Å². The lowest BCUT2D eigenvalue weighted by atomic mass is 10.1. The van der Waals surface area contributed by atoms with Crippen molar-refractivity contribution in [3.63, 3.8) is 0 Å². The monoisotopic (exact) mass is 439 g/mol. The van der Waals surface area contributed by atoms with Gasteiger partial charge in [0.2, 0.25) is 5.78 Å². The minimum Gasteiger partial charge on any atom is -0.497 e. The van der Waals surface area contributed by atoms with Crippen molar-refractivity contribution >= 4 is 22.8 Å². The van der Waals surface area contributed by atoms with E-state index < -0.39 is 0 Å². The van der Waals surface area contributed by atoms with Gasteiger partial charge in [0.05, 0.1) is 12.7 Å². The summed E-state index contributed by atoms with van der Waals surface area (Å²) in [5, 5.41) is 1.01. The number of aromatic nitrogens is 1. The zero-order valence-electron chi connectivity index (χ0n) is 18.9. The smallest absolute Gasteiger partial charge is 0.231 e. The van der Waals surface area contributed by atoms with E-state index in [0.29, 0.717) is 29.4 Å². The summed E-state index contributed by atoms with van der Waals surface area (Å²) in [5.41, 5.74) is 4.84. The maximum absolute atomic E-state index is 13.0. The van der Waals surface area contributed by atoms with E-state index in [9.17, 15) is 4.79 Å². The van der Waals surface area contributed by atoms with Crippen LogP contribution in [0.25, 0.3) is 17.0 Å². The maximum atomic E-state index is 13.0. The number of rotatable bonds is 6. The SMILES string of the molecule is CCn1cc(/C=C2\Oc3cc(OCc4ccccc4C)ccc3C2=O)c2cc(OC)ccc21. The highest BCUT2D eigenvalue weighted by atomic mass is 16.5. The normalized spacial score (nSPS) is 13.9. The topological polar surface area (TPSA) is 49.7 Å². The highest BCUT2D eigenvalue weighted by Crippen LogP contribution is 2.36. The third-order valence-corrected chi connectivity index (χ3v) is 6.04. The van der Waals surface area contributed by atoms with Gasteiger partial charge in [-0.2, -0.15) is 0 Å². The fourth-order valence-electron chi connectivity index (χ4n) is 4.14. The minimum atomic E-state index is -0.129. The molecule has 0 N–H and O–H groups in total. The van der Waals surface area contributed by atoms with Crippen LogP contribution in [0.3, 0.4) is 0 Å². The number of carbonyl (C=O) groups is 1. The number of hydrogen-bond donors (Lipinski definition) is 0. The minimum absolute atomic E-state index is 0.129. The molecule has 166 valence electrons. The van der Waals surface area contributed by atoms with Crippen molar-refractivity contribution in [3.05, 3.63) is 94.9 Å². The quantitative estimate of drug-likeness (QED) is 0.337. The van der Waals surface area contributed by atoms with E-state index in [-0.39, 0.29) is 5.78 Å². The van der Waals surface area contributed by atoms with Gasteiger partial charge in [-0.3, -0.25) is 4.79 Å². The summed E-state index contributed by atoms with van der Waals surface area (Å²) in [5.74, 6) is 2.13. The summed E-state index contributed by atoms with van der Waals surface area (Å²) in [4.78, 5) is 13.0. The highest BCUT2D eigenvalue weighted by molar-refractivity contribution is 6.15. The predicted octanol–water partition coefficient (Wildman–Crippen LogP) is 6.17. The van der Waals surface area contributed by atoms with E-state index in [2.05, 4.69) is 24.5 Å². The Hall–Kier alpha value is -3.99. The number of ketones is 1. The van der Waals surface area contributed by atoms with Crippen LogP contribution in [0.4, 0.5) is 0 Å². The van der Waals surface area contributed by atoms with Gasteiger partial charge in [0.25, 0.3) is 0 Å². The van der Waals surface area contributed by atoms with Crippen molar-refractivity contribution in [2.24, 2.45) is 0 Å². The Labute approximate surface area is 192 Å². The van der Waals surface area contributed by atoms with Crippen LogP contribution in [0.2, 0.25) is 0 Å². The number of hydrogen-bond acceptors (Lipinski definition) is 4. The van der Waals surface area contributed by atoms with Gasteiger partial charge in [-0.1, -0.05) is 24.3 Å². The van der Waals surface area contributed by atoms with Crippen molar-refractivity contribution < 1.29 is 19.0 Å². The largest absolute Gasteiger partial charge is 0.497 e. The molecule has 3 aromatic carbocycles. The molecule has 0 saturated heterocycles. The van der Waals surface area contributed by atoms with E-state index in [4.69, 9.17) is 14.2 Å². The van der Waals surface area contributed by atoms with Crippen molar-refractivity contribution in [2.75, 3.05) is 7.11 Å². The second kappa shape index (κ2) is 8.51. The van der Waals surface area contributed by atoms with E-state index in [0.717, 1.165) is 34.3 Å². The average Bonchev–Trinajstić information content (AvgIpc) is 3.35. The number of carbonyl (C=O) groups excluding carboxylic acids is 1. The lowest BCUT2D eigenvalue weighted by molar-refractivity contribution is 0.101. The number of nitrogens with zero attached hydrogens (tertiary/aromatic N) is 1. The van der Waals surface area contributed by atoms with Crippen LogP contribution in [0.1, 0.15) is 34.0 Å². The second-order valence-corrected chi connectivity index (χ2v) is 8.07. The molecule has 0 aliphatic carbocycles. The van der Waals surface area contributed by atoms with Crippen LogP contribution in [-0.2, 0) is 13.2 Å². The van der Waals surface area contributed by atoms with Crippen LogP contribution < -0.4 is 14.2 Å². The molecule has 1 aromatic heterocycles.